The molecule has 0 bridgehead atoms. The molecule has 2 fully saturated rings. The average molecular weight is 142 g/mol. The Balaban J connectivity index is 2.03. The van der Waals surface area contributed by atoms with E-state index in [4.69, 9.17) is 5.84 Å². The van der Waals surface area contributed by atoms with Crippen molar-refractivity contribution in [3.63, 3.8) is 0 Å². The van der Waals surface area contributed by atoms with Gasteiger partial charge in [0.05, 0.1) is 6.17 Å². The lowest BCUT2D eigenvalue weighted by Gasteiger charge is -2.32. The van der Waals surface area contributed by atoms with Gasteiger partial charge in [0.25, 0.3) is 0 Å². The van der Waals surface area contributed by atoms with E-state index in [9.17, 15) is 0 Å². The fourth-order valence-corrected chi connectivity index (χ4v) is 1.81. The van der Waals surface area contributed by atoms with E-state index in [2.05, 4.69) is 10.9 Å². The van der Waals surface area contributed by atoms with Crippen molar-refractivity contribution in [3.8, 4) is 0 Å². The van der Waals surface area contributed by atoms with Gasteiger partial charge in [-0.25, -0.2) is 10.4 Å². The summed E-state index contributed by atoms with van der Waals surface area (Å²) in [6.07, 6.45) is 2.92. The molecule has 0 radical (unpaired) electrons. The maximum Gasteiger partial charge on any atom is 0.0898 e. The molecular formula is C6H14N4. The summed E-state index contributed by atoms with van der Waals surface area (Å²) in [5.74, 6) is 6.47. The summed E-state index contributed by atoms with van der Waals surface area (Å²) in [7, 11) is 0. The number of nitrogens with two attached hydrogens (primary N) is 1. The molecular weight excluding hydrogens is 128 g/mol. The SMILES string of the molecule is NN1CCCC2CNNC21. The van der Waals surface area contributed by atoms with Crippen LogP contribution in [-0.2, 0) is 0 Å². The van der Waals surface area contributed by atoms with Gasteiger partial charge >= 0.3 is 0 Å². The minimum absolute atomic E-state index is 0.383. The van der Waals surface area contributed by atoms with Crippen LogP contribution in [0.3, 0.4) is 0 Å². The summed E-state index contributed by atoms with van der Waals surface area (Å²) in [5, 5.41) is 1.90. The maximum atomic E-state index is 5.75. The van der Waals surface area contributed by atoms with Crippen LogP contribution in [-0.4, -0.2) is 24.3 Å². The molecule has 4 heteroatoms. The van der Waals surface area contributed by atoms with Crippen molar-refractivity contribution in [1.29, 1.82) is 0 Å². The number of nitrogens with one attached hydrogen (secondary N) is 2. The molecule has 0 saturated carbocycles. The zero-order valence-corrected chi connectivity index (χ0v) is 6.01. The van der Waals surface area contributed by atoms with Crippen LogP contribution in [0.1, 0.15) is 12.8 Å². The summed E-state index contributed by atoms with van der Waals surface area (Å²) >= 11 is 0. The molecule has 2 atom stereocenters. The second-order valence-electron chi connectivity index (χ2n) is 3.11. The first-order valence-electron chi connectivity index (χ1n) is 3.87. The number of hydrazine groups is 2. The Morgan fingerprint density at radius 1 is 1.50 bits per heavy atom. The van der Waals surface area contributed by atoms with Gasteiger partial charge < -0.3 is 0 Å². The van der Waals surface area contributed by atoms with Gasteiger partial charge in [-0.2, -0.15) is 0 Å². The first kappa shape index (κ1) is 6.54. The van der Waals surface area contributed by atoms with Crippen molar-refractivity contribution in [1.82, 2.24) is 15.9 Å². The third kappa shape index (κ3) is 0.932. The monoisotopic (exact) mass is 142 g/mol. The third-order valence-corrected chi connectivity index (χ3v) is 2.41. The molecule has 2 aliphatic rings. The lowest BCUT2D eigenvalue weighted by Crippen LogP contribution is -2.53. The zero-order valence-electron chi connectivity index (χ0n) is 6.01. The molecule has 0 aromatic rings. The van der Waals surface area contributed by atoms with Crippen LogP contribution in [0.2, 0.25) is 0 Å². The van der Waals surface area contributed by atoms with Crippen LogP contribution in [0, 0.1) is 5.92 Å². The van der Waals surface area contributed by atoms with Gasteiger partial charge in [-0.3, -0.25) is 11.3 Å². The number of rotatable bonds is 0. The van der Waals surface area contributed by atoms with Gasteiger partial charge in [-0.1, -0.05) is 0 Å². The number of hydrogen-bond acceptors (Lipinski definition) is 4. The van der Waals surface area contributed by atoms with Crippen molar-refractivity contribution in [3.05, 3.63) is 0 Å². The largest absolute Gasteiger partial charge is 0.267 e. The van der Waals surface area contributed by atoms with E-state index < -0.39 is 0 Å². The quantitative estimate of drug-likeness (QED) is 0.380. The first-order valence-corrected chi connectivity index (χ1v) is 3.87. The lowest BCUT2D eigenvalue weighted by atomic mass is 9.97. The predicted octanol–water partition coefficient (Wildman–Crippen LogP) is -0.994. The summed E-state index contributed by atoms with van der Waals surface area (Å²) in [4.78, 5) is 0. The van der Waals surface area contributed by atoms with Crippen LogP contribution in [0.25, 0.3) is 0 Å². The zero-order chi connectivity index (χ0) is 6.97. The molecule has 4 N–H and O–H groups in total. The molecule has 0 amide bonds. The van der Waals surface area contributed by atoms with Crippen molar-refractivity contribution in [2.45, 2.75) is 19.0 Å². The van der Waals surface area contributed by atoms with Gasteiger partial charge in [0.2, 0.25) is 0 Å². The van der Waals surface area contributed by atoms with E-state index in [0.29, 0.717) is 6.17 Å². The van der Waals surface area contributed by atoms with Crippen molar-refractivity contribution in [2.24, 2.45) is 11.8 Å². The Kier molecular flexibility index (Phi) is 1.61. The van der Waals surface area contributed by atoms with E-state index in [1.54, 1.807) is 0 Å². The van der Waals surface area contributed by atoms with E-state index >= 15 is 0 Å². The lowest BCUT2D eigenvalue weighted by molar-refractivity contribution is 0.102. The Labute approximate surface area is 60.7 Å². The van der Waals surface area contributed by atoms with E-state index in [-0.39, 0.29) is 0 Å². The number of hydrogen-bond donors (Lipinski definition) is 3. The van der Waals surface area contributed by atoms with Gasteiger partial charge in [0.1, 0.15) is 0 Å². The fourth-order valence-electron chi connectivity index (χ4n) is 1.81. The summed E-state index contributed by atoms with van der Waals surface area (Å²) in [6, 6.07) is 0. The molecule has 10 heavy (non-hydrogen) atoms. The maximum absolute atomic E-state index is 5.75. The molecule has 2 saturated heterocycles. The third-order valence-electron chi connectivity index (χ3n) is 2.41. The second kappa shape index (κ2) is 2.47. The Hall–Kier alpha value is -0.160. The topological polar surface area (TPSA) is 53.3 Å². The highest BCUT2D eigenvalue weighted by Crippen LogP contribution is 2.20. The predicted molar refractivity (Wildman–Crippen MR) is 38.5 cm³/mol. The highest BCUT2D eigenvalue weighted by molar-refractivity contribution is 4.84. The van der Waals surface area contributed by atoms with Crippen molar-refractivity contribution < 1.29 is 0 Å². The molecule has 2 heterocycles. The fraction of sp³-hybridized carbons (Fsp3) is 1.00. The Morgan fingerprint density at radius 2 is 2.40 bits per heavy atom. The smallest absolute Gasteiger partial charge is 0.0898 e. The van der Waals surface area contributed by atoms with Crippen LogP contribution in [0.5, 0.6) is 0 Å². The normalized spacial score (nSPS) is 41.7. The molecule has 0 aliphatic carbocycles. The van der Waals surface area contributed by atoms with E-state index in [0.717, 1.165) is 19.0 Å². The molecule has 0 spiro atoms. The number of nitrogens with zero attached hydrogens (tertiary/aromatic N) is 1. The molecule has 0 aromatic heterocycles. The summed E-state index contributed by atoms with van der Waals surface area (Å²) in [6.45, 7) is 2.09. The highest BCUT2D eigenvalue weighted by atomic mass is 15.6. The second-order valence-corrected chi connectivity index (χ2v) is 3.11. The van der Waals surface area contributed by atoms with Crippen LogP contribution in [0.4, 0.5) is 0 Å². The van der Waals surface area contributed by atoms with Gasteiger partial charge in [-0.15, -0.1) is 0 Å². The van der Waals surface area contributed by atoms with Gasteiger partial charge in [0.15, 0.2) is 0 Å². The molecule has 0 aromatic carbocycles. The van der Waals surface area contributed by atoms with Crippen molar-refractivity contribution >= 4 is 0 Å². The number of fused-ring (bicyclic) bond motifs is 1. The molecule has 2 aliphatic heterocycles. The first-order chi connectivity index (χ1) is 4.88. The molecule has 4 nitrogen and oxygen atoms in total. The minimum atomic E-state index is 0.383. The van der Waals surface area contributed by atoms with Crippen LogP contribution >= 0.6 is 0 Å². The van der Waals surface area contributed by atoms with E-state index in [1.165, 1.54) is 12.8 Å². The van der Waals surface area contributed by atoms with Crippen LogP contribution < -0.4 is 16.7 Å². The molecule has 2 rings (SSSR count). The minimum Gasteiger partial charge on any atom is -0.267 e. The Bertz CT molecular complexity index is 127. The molecule has 2 unspecified atom stereocenters. The molecule has 58 valence electrons. The Morgan fingerprint density at radius 3 is 3.20 bits per heavy atom. The summed E-state index contributed by atoms with van der Waals surface area (Å²) < 4.78 is 0. The van der Waals surface area contributed by atoms with E-state index in [1.807, 2.05) is 5.01 Å². The van der Waals surface area contributed by atoms with Crippen LogP contribution in [0.15, 0.2) is 0 Å². The van der Waals surface area contributed by atoms with Gasteiger partial charge in [-0.05, 0) is 12.8 Å². The summed E-state index contributed by atoms with van der Waals surface area (Å²) in [5.41, 5.74) is 6.28. The standard InChI is InChI=1S/C6H14N4/c7-10-3-1-2-5-4-8-9-6(5)10/h5-6,8-9H,1-4,7H2. The number of piperidine rings is 1. The van der Waals surface area contributed by atoms with Crippen molar-refractivity contribution in [2.75, 3.05) is 13.1 Å². The highest BCUT2D eigenvalue weighted by Gasteiger charge is 2.32. The average Bonchev–Trinajstić information content (AvgIpc) is 2.36. The van der Waals surface area contributed by atoms with Gasteiger partial charge in [0, 0.05) is 19.0 Å².